The maximum absolute atomic E-state index is 12.2. The number of anilines is 1. The van der Waals surface area contributed by atoms with Crippen molar-refractivity contribution in [2.24, 2.45) is 5.10 Å². The van der Waals surface area contributed by atoms with Gasteiger partial charge >= 0.3 is 0 Å². The van der Waals surface area contributed by atoms with Gasteiger partial charge in [-0.15, -0.1) is 0 Å². The molecule has 0 aromatic heterocycles. The van der Waals surface area contributed by atoms with Gasteiger partial charge in [-0.05, 0) is 36.4 Å². The lowest BCUT2D eigenvalue weighted by atomic mass is 10.2. The molecule has 6 heteroatoms. The average molecular weight is 309 g/mol. The Morgan fingerprint density at radius 1 is 1.13 bits per heavy atom. The Balaban J connectivity index is 1.72. The van der Waals surface area contributed by atoms with E-state index in [0.29, 0.717) is 22.8 Å². The molecule has 2 amide bonds. The van der Waals surface area contributed by atoms with Crippen LogP contribution in [-0.2, 0) is 4.79 Å². The standard InChI is InChI=1S/C17H15N3O3/c1-23-14-9-7-12(8-10-14)17(22)18-15-11-16(21)20(19-15)13-5-3-2-4-6-13/h2-10H,11H2,1H3,(H,18,19,22). The number of amides is 2. The molecule has 1 N–H and O–H groups in total. The number of para-hydroxylation sites is 1. The zero-order valence-corrected chi connectivity index (χ0v) is 12.5. The van der Waals surface area contributed by atoms with Crippen molar-refractivity contribution in [2.75, 3.05) is 12.1 Å². The highest BCUT2D eigenvalue weighted by atomic mass is 16.5. The molecule has 1 aliphatic heterocycles. The molecule has 116 valence electrons. The molecule has 0 saturated heterocycles. The highest BCUT2D eigenvalue weighted by Crippen LogP contribution is 2.19. The van der Waals surface area contributed by atoms with Crippen molar-refractivity contribution in [3.05, 3.63) is 60.2 Å². The summed E-state index contributed by atoms with van der Waals surface area (Å²) in [6.07, 6.45) is 0.0663. The van der Waals surface area contributed by atoms with Crippen molar-refractivity contribution in [1.82, 2.24) is 5.32 Å². The summed E-state index contributed by atoms with van der Waals surface area (Å²) in [7, 11) is 1.56. The van der Waals surface area contributed by atoms with E-state index in [4.69, 9.17) is 4.74 Å². The van der Waals surface area contributed by atoms with Gasteiger partial charge in [-0.2, -0.15) is 10.1 Å². The molecule has 2 aromatic rings. The lowest BCUT2D eigenvalue weighted by molar-refractivity contribution is -0.116. The molecule has 0 spiro atoms. The van der Waals surface area contributed by atoms with E-state index in [1.54, 1.807) is 43.5 Å². The van der Waals surface area contributed by atoms with Crippen molar-refractivity contribution >= 4 is 23.3 Å². The quantitative estimate of drug-likeness (QED) is 0.944. The number of amidine groups is 1. The van der Waals surface area contributed by atoms with Gasteiger partial charge in [0, 0.05) is 5.56 Å². The maximum Gasteiger partial charge on any atom is 0.256 e. The molecular weight excluding hydrogens is 294 g/mol. The third kappa shape index (κ3) is 3.21. The van der Waals surface area contributed by atoms with Crippen molar-refractivity contribution in [1.29, 1.82) is 0 Å². The average Bonchev–Trinajstić information content (AvgIpc) is 2.96. The molecule has 1 aliphatic rings. The van der Waals surface area contributed by atoms with Crippen LogP contribution in [0.25, 0.3) is 0 Å². The summed E-state index contributed by atoms with van der Waals surface area (Å²) in [5, 5.41) is 8.15. The number of rotatable bonds is 3. The molecule has 6 nitrogen and oxygen atoms in total. The van der Waals surface area contributed by atoms with Crippen LogP contribution in [0.2, 0.25) is 0 Å². The van der Waals surface area contributed by atoms with E-state index in [1.807, 2.05) is 18.2 Å². The summed E-state index contributed by atoms with van der Waals surface area (Å²) >= 11 is 0. The Hall–Kier alpha value is -3.15. The molecule has 0 saturated carbocycles. The number of nitrogens with one attached hydrogen (secondary N) is 1. The fourth-order valence-electron chi connectivity index (χ4n) is 2.22. The van der Waals surface area contributed by atoms with Gasteiger partial charge in [0.1, 0.15) is 11.6 Å². The lowest BCUT2D eigenvalue weighted by Gasteiger charge is -2.10. The van der Waals surface area contributed by atoms with Gasteiger partial charge in [0.05, 0.1) is 19.2 Å². The number of benzene rings is 2. The predicted molar refractivity (Wildman–Crippen MR) is 86.4 cm³/mol. The summed E-state index contributed by atoms with van der Waals surface area (Å²) in [4.78, 5) is 24.2. The summed E-state index contributed by atoms with van der Waals surface area (Å²) in [5.41, 5.74) is 1.14. The van der Waals surface area contributed by atoms with Gasteiger partial charge < -0.3 is 10.1 Å². The van der Waals surface area contributed by atoms with Crippen molar-refractivity contribution in [3.63, 3.8) is 0 Å². The van der Waals surface area contributed by atoms with Crippen LogP contribution >= 0.6 is 0 Å². The van der Waals surface area contributed by atoms with Crippen molar-refractivity contribution < 1.29 is 14.3 Å². The second-order valence-corrected chi connectivity index (χ2v) is 4.95. The summed E-state index contributed by atoms with van der Waals surface area (Å²) in [6, 6.07) is 15.8. The van der Waals surface area contributed by atoms with E-state index in [1.165, 1.54) is 5.01 Å². The summed E-state index contributed by atoms with van der Waals surface area (Å²) in [5.74, 6) is 0.514. The van der Waals surface area contributed by atoms with Crippen LogP contribution in [0, 0.1) is 0 Å². The first-order chi connectivity index (χ1) is 11.2. The highest BCUT2D eigenvalue weighted by Gasteiger charge is 2.26. The molecule has 0 aliphatic carbocycles. The number of ether oxygens (including phenoxy) is 1. The van der Waals surface area contributed by atoms with Gasteiger partial charge in [-0.25, -0.2) is 0 Å². The lowest BCUT2D eigenvalue weighted by Crippen LogP contribution is -2.29. The van der Waals surface area contributed by atoms with Gasteiger partial charge in [-0.1, -0.05) is 18.2 Å². The molecule has 0 fully saturated rings. The van der Waals surface area contributed by atoms with Gasteiger partial charge in [0.25, 0.3) is 11.8 Å². The summed E-state index contributed by atoms with van der Waals surface area (Å²) in [6.45, 7) is 0. The molecular formula is C17H15N3O3. The number of carbonyl (C=O) groups is 2. The van der Waals surface area contributed by atoms with Gasteiger partial charge in [0.2, 0.25) is 0 Å². The molecule has 0 radical (unpaired) electrons. The normalized spacial score (nSPS) is 13.7. The van der Waals surface area contributed by atoms with E-state index in [2.05, 4.69) is 10.4 Å². The summed E-state index contributed by atoms with van der Waals surface area (Å²) < 4.78 is 5.05. The second-order valence-electron chi connectivity index (χ2n) is 4.95. The van der Waals surface area contributed by atoms with E-state index < -0.39 is 0 Å². The molecule has 0 unspecified atom stereocenters. The highest BCUT2D eigenvalue weighted by molar-refractivity contribution is 6.17. The number of methoxy groups -OCH3 is 1. The van der Waals surface area contributed by atoms with Crippen LogP contribution in [0.4, 0.5) is 5.69 Å². The van der Waals surface area contributed by atoms with Crippen LogP contribution in [0.5, 0.6) is 5.75 Å². The van der Waals surface area contributed by atoms with E-state index >= 15 is 0 Å². The van der Waals surface area contributed by atoms with E-state index in [-0.39, 0.29) is 18.2 Å². The largest absolute Gasteiger partial charge is 0.497 e. The molecule has 3 rings (SSSR count). The Morgan fingerprint density at radius 3 is 2.48 bits per heavy atom. The Kier molecular flexibility index (Phi) is 4.05. The first-order valence-corrected chi connectivity index (χ1v) is 7.08. The molecule has 1 heterocycles. The minimum atomic E-state index is -0.311. The molecule has 2 aromatic carbocycles. The van der Waals surface area contributed by atoms with E-state index in [9.17, 15) is 9.59 Å². The van der Waals surface area contributed by atoms with Crippen molar-refractivity contribution in [3.8, 4) is 5.75 Å². The fourth-order valence-corrected chi connectivity index (χ4v) is 2.22. The molecule has 0 atom stereocenters. The number of hydrogen-bond donors (Lipinski definition) is 1. The van der Waals surface area contributed by atoms with Crippen LogP contribution < -0.4 is 15.1 Å². The number of carbonyl (C=O) groups excluding carboxylic acids is 2. The maximum atomic E-state index is 12.2. The second kappa shape index (κ2) is 6.31. The minimum absolute atomic E-state index is 0.0663. The van der Waals surface area contributed by atoms with E-state index in [0.717, 1.165) is 0 Å². The molecule has 0 bridgehead atoms. The zero-order chi connectivity index (χ0) is 16.2. The smallest absolute Gasteiger partial charge is 0.256 e. The van der Waals surface area contributed by atoms with Crippen molar-refractivity contribution in [2.45, 2.75) is 6.42 Å². The van der Waals surface area contributed by atoms with Crippen LogP contribution in [0.1, 0.15) is 16.8 Å². The zero-order valence-electron chi connectivity index (χ0n) is 12.5. The monoisotopic (exact) mass is 309 g/mol. The van der Waals surface area contributed by atoms with Crippen LogP contribution in [0.3, 0.4) is 0 Å². The Morgan fingerprint density at radius 2 is 1.83 bits per heavy atom. The fraction of sp³-hybridized carbons (Fsp3) is 0.118. The van der Waals surface area contributed by atoms with Crippen LogP contribution in [-0.4, -0.2) is 24.8 Å². The molecule has 23 heavy (non-hydrogen) atoms. The third-order valence-electron chi connectivity index (χ3n) is 3.39. The van der Waals surface area contributed by atoms with Gasteiger partial charge in [0.15, 0.2) is 0 Å². The first kappa shape index (κ1) is 14.8. The number of hydrazone groups is 1. The topological polar surface area (TPSA) is 71.0 Å². The minimum Gasteiger partial charge on any atom is -0.497 e. The number of hydrogen-bond acceptors (Lipinski definition) is 4. The third-order valence-corrected chi connectivity index (χ3v) is 3.39. The SMILES string of the molecule is COc1ccc(C(=O)NC2=NN(c3ccccc3)C(=O)C2)cc1. The number of nitrogens with zero attached hydrogens (tertiary/aromatic N) is 2. The van der Waals surface area contributed by atoms with Crippen LogP contribution in [0.15, 0.2) is 59.7 Å². The first-order valence-electron chi connectivity index (χ1n) is 7.08. The van der Waals surface area contributed by atoms with Gasteiger partial charge in [-0.3, -0.25) is 9.59 Å². The predicted octanol–water partition coefficient (Wildman–Crippen LogP) is 2.18. The Bertz CT molecular complexity index is 754. The Labute approximate surface area is 133 Å².